The van der Waals surface area contributed by atoms with Crippen LogP contribution in [0.5, 0.6) is 0 Å². The van der Waals surface area contributed by atoms with Gasteiger partial charge in [0, 0.05) is 19.3 Å². The predicted octanol–water partition coefficient (Wildman–Crippen LogP) is 19.8. The number of hydrogen-bond acceptors (Lipinski definition) is 6. The summed E-state index contributed by atoms with van der Waals surface area (Å²) >= 11 is 0. The molecule has 6 nitrogen and oxygen atoms in total. The van der Waals surface area contributed by atoms with Gasteiger partial charge in [-0.15, -0.1) is 0 Å². The number of carbonyl (C=O) groups excluding carboxylic acids is 3. The lowest BCUT2D eigenvalue weighted by Gasteiger charge is -2.18. The van der Waals surface area contributed by atoms with Gasteiger partial charge in [0.05, 0.1) is 0 Å². The maximum Gasteiger partial charge on any atom is 0.306 e. The second-order valence-corrected chi connectivity index (χ2v) is 19.9. The molecule has 0 heterocycles. The average Bonchev–Trinajstić information content (AvgIpc) is 3.34. The van der Waals surface area contributed by atoms with E-state index in [-0.39, 0.29) is 31.1 Å². The normalized spacial score (nSPS) is 12.3. The van der Waals surface area contributed by atoms with Crippen molar-refractivity contribution in [3.63, 3.8) is 0 Å². The van der Waals surface area contributed by atoms with Gasteiger partial charge in [-0.1, -0.05) is 243 Å². The number of allylic oxidation sites excluding steroid dienone is 8. The highest BCUT2D eigenvalue weighted by Gasteiger charge is 2.19. The summed E-state index contributed by atoms with van der Waals surface area (Å²) in [6.45, 7) is 6.62. The zero-order valence-corrected chi connectivity index (χ0v) is 45.4. The first-order valence-corrected chi connectivity index (χ1v) is 29.7. The molecule has 6 heteroatoms. The molecule has 396 valence electrons. The van der Waals surface area contributed by atoms with Crippen LogP contribution in [0.15, 0.2) is 48.6 Å². The molecule has 0 rings (SSSR count). The number of hydrogen-bond donors (Lipinski definition) is 0. The number of rotatable bonds is 54. The molecule has 0 fully saturated rings. The molecule has 0 N–H and O–H groups in total. The van der Waals surface area contributed by atoms with Crippen molar-refractivity contribution in [2.24, 2.45) is 0 Å². The lowest BCUT2D eigenvalue weighted by molar-refractivity contribution is -0.167. The van der Waals surface area contributed by atoms with Crippen LogP contribution in [0.1, 0.15) is 310 Å². The van der Waals surface area contributed by atoms with Crippen LogP contribution in [0, 0.1) is 0 Å². The summed E-state index contributed by atoms with van der Waals surface area (Å²) in [7, 11) is 0. The highest BCUT2D eigenvalue weighted by molar-refractivity contribution is 5.71. The van der Waals surface area contributed by atoms with E-state index >= 15 is 0 Å². The van der Waals surface area contributed by atoms with Gasteiger partial charge in [0.25, 0.3) is 0 Å². The van der Waals surface area contributed by atoms with E-state index < -0.39 is 6.10 Å². The molecule has 0 bridgehead atoms. The molecule has 0 aromatic carbocycles. The van der Waals surface area contributed by atoms with Gasteiger partial charge in [0.2, 0.25) is 0 Å². The molecular weight excluding hydrogens is 841 g/mol. The van der Waals surface area contributed by atoms with Crippen LogP contribution >= 0.6 is 0 Å². The van der Waals surface area contributed by atoms with Gasteiger partial charge in [0.15, 0.2) is 6.10 Å². The fourth-order valence-corrected chi connectivity index (χ4v) is 8.54. The maximum atomic E-state index is 12.9. The van der Waals surface area contributed by atoms with E-state index in [9.17, 15) is 14.4 Å². The summed E-state index contributed by atoms with van der Waals surface area (Å²) in [5.41, 5.74) is 0. The molecule has 1 unspecified atom stereocenters. The lowest BCUT2D eigenvalue weighted by Crippen LogP contribution is -2.30. The van der Waals surface area contributed by atoms with Crippen molar-refractivity contribution in [1.82, 2.24) is 0 Å². The molecule has 0 spiro atoms. The van der Waals surface area contributed by atoms with Gasteiger partial charge >= 0.3 is 17.9 Å². The summed E-state index contributed by atoms with van der Waals surface area (Å²) in [6.07, 6.45) is 69.5. The van der Waals surface area contributed by atoms with Crippen LogP contribution in [0.25, 0.3) is 0 Å². The highest BCUT2D eigenvalue weighted by Crippen LogP contribution is 2.16. The quantitative estimate of drug-likeness (QED) is 0.0199. The molecule has 0 aromatic rings. The minimum atomic E-state index is -0.780. The van der Waals surface area contributed by atoms with Crippen LogP contribution in [0.3, 0.4) is 0 Å². The first kappa shape index (κ1) is 65.4. The topological polar surface area (TPSA) is 78.9 Å². The molecule has 0 aliphatic carbocycles. The second-order valence-electron chi connectivity index (χ2n) is 19.9. The average molecular weight is 954 g/mol. The Bertz CT molecular complexity index is 1190. The summed E-state index contributed by atoms with van der Waals surface area (Å²) in [5, 5.41) is 0. The SMILES string of the molecule is CCCCC/C=C\C=C/CCCCCCCCCCCCC(=O)OCC(COC(=O)CCCCCCCCC/C=C\CCCCCC)OC(=O)CCCCCCC/C=C\CCCCCCCCC. The molecule has 0 amide bonds. The van der Waals surface area contributed by atoms with Crippen LogP contribution in [-0.4, -0.2) is 37.2 Å². The Morgan fingerprint density at radius 3 is 0.868 bits per heavy atom. The second kappa shape index (κ2) is 57.0. The minimum Gasteiger partial charge on any atom is -0.462 e. The van der Waals surface area contributed by atoms with Gasteiger partial charge in [0.1, 0.15) is 13.2 Å². The zero-order valence-electron chi connectivity index (χ0n) is 45.4. The van der Waals surface area contributed by atoms with Crippen LogP contribution < -0.4 is 0 Å². The molecule has 0 aliphatic heterocycles. The Balaban J connectivity index is 4.36. The van der Waals surface area contributed by atoms with Crippen LogP contribution in [0.4, 0.5) is 0 Å². The first-order valence-electron chi connectivity index (χ1n) is 29.7. The largest absolute Gasteiger partial charge is 0.462 e. The zero-order chi connectivity index (χ0) is 49.3. The molecule has 0 saturated heterocycles. The van der Waals surface area contributed by atoms with Gasteiger partial charge < -0.3 is 14.2 Å². The molecule has 68 heavy (non-hydrogen) atoms. The van der Waals surface area contributed by atoms with E-state index in [1.807, 2.05) is 0 Å². The first-order chi connectivity index (χ1) is 33.5. The van der Waals surface area contributed by atoms with Crippen molar-refractivity contribution in [3.05, 3.63) is 48.6 Å². The number of esters is 3. The molecular formula is C62H112O6. The molecule has 0 aliphatic rings. The summed E-state index contributed by atoms with van der Waals surface area (Å²) in [5.74, 6) is -0.879. The number of unbranched alkanes of at least 4 members (excludes halogenated alkanes) is 36. The van der Waals surface area contributed by atoms with Gasteiger partial charge in [-0.25, -0.2) is 0 Å². The van der Waals surface area contributed by atoms with Crippen molar-refractivity contribution in [2.75, 3.05) is 13.2 Å². The van der Waals surface area contributed by atoms with E-state index in [0.717, 1.165) is 64.2 Å². The third-order valence-corrected chi connectivity index (χ3v) is 13.1. The van der Waals surface area contributed by atoms with Gasteiger partial charge in [-0.05, 0) is 96.3 Å². The van der Waals surface area contributed by atoms with E-state index in [2.05, 4.69) is 69.4 Å². The van der Waals surface area contributed by atoms with Crippen molar-refractivity contribution in [2.45, 2.75) is 316 Å². The maximum absolute atomic E-state index is 12.9. The number of ether oxygens (including phenoxy) is 3. The Labute approximate surface area is 422 Å². The van der Waals surface area contributed by atoms with E-state index in [4.69, 9.17) is 14.2 Å². The van der Waals surface area contributed by atoms with Crippen LogP contribution in [-0.2, 0) is 28.6 Å². The minimum absolute atomic E-state index is 0.0778. The van der Waals surface area contributed by atoms with Crippen molar-refractivity contribution < 1.29 is 28.6 Å². The number of carbonyl (C=O) groups is 3. The van der Waals surface area contributed by atoms with Crippen molar-refractivity contribution in [1.29, 1.82) is 0 Å². The smallest absolute Gasteiger partial charge is 0.306 e. The highest BCUT2D eigenvalue weighted by atomic mass is 16.6. The van der Waals surface area contributed by atoms with E-state index in [1.165, 1.54) is 205 Å². The molecule has 0 saturated carbocycles. The fraction of sp³-hybridized carbons (Fsp3) is 0.823. The molecule has 0 radical (unpaired) electrons. The van der Waals surface area contributed by atoms with Gasteiger partial charge in [-0.3, -0.25) is 14.4 Å². The summed E-state index contributed by atoms with van der Waals surface area (Å²) < 4.78 is 16.9. The molecule has 0 aromatic heterocycles. The Morgan fingerprint density at radius 2 is 0.529 bits per heavy atom. The molecule has 1 atom stereocenters. The van der Waals surface area contributed by atoms with Crippen molar-refractivity contribution in [3.8, 4) is 0 Å². The third-order valence-electron chi connectivity index (χ3n) is 13.1. The van der Waals surface area contributed by atoms with E-state index in [1.54, 1.807) is 0 Å². The standard InChI is InChI=1S/C62H112O6/c1-4-7-10-13-16-19-22-25-28-30-31-32-35-37-40-43-46-49-52-55-61(64)67-58-59(57-66-60(63)54-51-48-45-42-39-36-33-27-24-21-18-15-12-9-6-3)68-62(65)56-53-50-47-44-41-38-34-29-26-23-20-17-14-11-8-5-2/h16,19,21-22,24-25,29,34,59H,4-15,17-18,20,23,26-28,30-33,35-58H2,1-3H3/b19-16-,24-21-,25-22-,34-29-. The van der Waals surface area contributed by atoms with Crippen molar-refractivity contribution >= 4 is 17.9 Å². The summed E-state index contributed by atoms with van der Waals surface area (Å²) in [4.78, 5) is 38.2. The Hall–Kier alpha value is -2.63. The Morgan fingerprint density at radius 1 is 0.294 bits per heavy atom. The Kier molecular flexibility index (Phi) is 54.8. The summed E-state index contributed by atoms with van der Waals surface area (Å²) in [6, 6.07) is 0. The fourth-order valence-electron chi connectivity index (χ4n) is 8.54. The van der Waals surface area contributed by atoms with Crippen LogP contribution in [0.2, 0.25) is 0 Å². The van der Waals surface area contributed by atoms with Gasteiger partial charge in [-0.2, -0.15) is 0 Å². The monoisotopic (exact) mass is 953 g/mol. The third kappa shape index (κ3) is 54.3. The predicted molar refractivity (Wildman–Crippen MR) is 293 cm³/mol. The lowest BCUT2D eigenvalue weighted by atomic mass is 10.1. The van der Waals surface area contributed by atoms with E-state index in [0.29, 0.717) is 19.3 Å².